The van der Waals surface area contributed by atoms with Gasteiger partial charge < -0.3 is 4.74 Å². The quantitative estimate of drug-likeness (QED) is 0.424. The summed E-state index contributed by atoms with van der Waals surface area (Å²) in [7, 11) is 1.69. The first-order valence-corrected chi connectivity index (χ1v) is 7.48. The molecule has 1 aromatic carbocycles. The molecule has 1 aromatic heterocycles. The monoisotopic (exact) mass is 330 g/mol. The standard InChI is InChI=1S/C18H19FN2O3/c1-4-8-24-18-13(6-5-7-15(18)19)10-14-11-21(3)20-17(14)16(23)9-12(2)22/h4-7,11H,1,8-10H2,2-3H3. The fourth-order valence-corrected chi connectivity index (χ4v) is 2.41. The second-order valence-corrected chi connectivity index (χ2v) is 5.48. The van der Waals surface area contributed by atoms with Gasteiger partial charge in [0.05, 0.1) is 6.42 Å². The summed E-state index contributed by atoms with van der Waals surface area (Å²) in [4.78, 5) is 23.4. The highest BCUT2D eigenvalue weighted by Gasteiger charge is 2.19. The van der Waals surface area contributed by atoms with E-state index in [9.17, 15) is 14.0 Å². The number of halogens is 1. The maximum atomic E-state index is 14.0. The molecule has 0 aliphatic heterocycles. The van der Waals surface area contributed by atoms with E-state index in [0.29, 0.717) is 11.1 Å². The predicted molar refractivity (Wildman–Crippen MR) is 87.7 cm³/mol. The number of para-hydroxylation sites is 1. The van der Waals surface area contributed by atoms with Crippen LogP contribution < -0.4 is 4.74 Å². The summed E-state index contributed by atoms with van der Waals surface area (Å²) in [6, 6.07) is 4.62. The van der Waals surface area contributed by atoms with E-state index in [1.807, 2.05) is 0 Å². The minimum atomic E-state index is -0.477. The Balaban J connectivity index is 2.35. The Morgan fingerprint density at radius 1 is 1.38 bits per heavy atom. The van der Waals surface area contributed by atoms with Gasteiger partial charge in [-0.25, -0.2) is 4.39 Å². The third-order valence-electron chi connectivity index (χ3n) is 3.35. The third-order valence-corrected chi connectivity index (χ3v) is 3.35. The fourth-order valence-electron chi connectivity index (χ4n) is 2.41. The number of ketones is 2. The molecule has 24 heavy (non-hydrogen) atoms. The van der Waals surface area contributed by atoms with Crippen molar-refractivity contribution in [3.05, 3.63) is 59.7 Å². The predicted octanol–water partition coefficient (Wildman–Crippen LogP) is 2.88. The first-order chi connectivity index (χ1) is 11.4. The molecular formula is C18H19FN2O3. The van der Waals surface area contributed by atoms with Gasteiger partial charge >= 0.3 is 0 Å². The van der Waals surface area contributed by atoms with Gasteiger partial charge in [0.1, 0.15) is 18.1 Å². The number of nitrogens with zero attached hydrogens (tertiary/aromatic N) is 2. The molecule has 0 spiro atoms. The summed E-state index contributed by atoms with van der Waals surface area (Å²) in [5.41, 5.74) is 1.45. The van der Waals surface area contributed by atoms with Crippen molar-refractivity contribution in [3.63, 3.8) is 0 Å². The lowest BCUT2D eigenvalue weighted by Gasteiger charge is -2.11. The smallest absolute Gasteiger partial charge is 0.190 e. The average Bonchev–Trinajstić information content (AvgIpc) is 2.87. The minimum Gasteiger partial charge on any atom is -0.486 e. The molecule has 126 valence electrons. The van der Waals surface area contributed by atoms with E-state index in [1.165, 1.54) is 23.7 Å². The number of carbonyl (C=O) groups is 2. The number of rotatable bonds is 8. The van der Waals surface area contributed by atoms with Gasteiger partial charge in [-0.3, -0.25) is 14.3 Å². The summed E-state index contributed by atoms with van der Waals surface area (Å²) in [5.74, 6) is -0.915. The van der Waals surface area contributed by atoms with E-state index >= 15 is 0 Å². The van der Waals surface area contributed by atoms with Gasteiger partial charge in [-0.05, 0) is 13.0 Å². The van der Waals surface area contributed by atoms with Crippen LogP contribution in [0.2, 0.25) is 0 Å². The number of ether oxygens (including phenoxy) is 1. The Kier molecular flexibility index (Phi) is 5.63. The second-order valence-electron chi connectivity index (χ2n) is 5.48. The Morgan fingerprint density at radius 3 is 2.79 bits per heavy atom. The highest BCUT2D eigenvalue weighted by molar-refractivity contribution is 6.07. The van der Waals surface area contributed by atoms with Crippen molar-refractivity contribution in [3.8, 4) is 5.75 Å². The van der Waals surface area contributed by atoms with E-state index < -0.39 is 5.82 Å². The van der Waals surface area contributed by atoms with Crippen molar-refractivity contribution >= 4 is 11.6 Å². The summed E-state index contributed by atoms with van der Waals surface area (Å²) >= 11 is 0. The van der Waals surface area contributed by atoms with Crippen LogP contribution in [0.3, 0.4) is 0 Å². The molecular weight excluding hydrogens is 311 g/mol. The second kappa shape index (κ2) is 7.68. The van der Waals surface area contributed by atoms with Gasteiger partial charge in [-0.2, -0.15) is 5.10 Å². The number of hydrogen-bond donors (Lipinski definition) is 0. The number of Topliss-reactive ketones (excluding diaryl/α,β-unsaturated/α-hetero) is 2. The zero-order chi connectivity index (χ0) is 17.7. The van der Waals surface area contributed by atoms with Gasteiger partial charge in [0.25, 0.3) is 0 Å². The number of hydrogen-bond acceptors (Lipinski definition) is 4. The van der Waals surface area contributed by atoms with Crippen molar-refractivity contribution in [2.45, 2.75) is 19.8 Å². The first kappa shape index (κ1) is 17.6. The molecule has 0 aliphatic carbocycles. The van der Waals surface area contributed by atoms with Crippen molar-refractivity contribution in [2.24, 2.45) is 7.05 Å². The maximum Gasteiger partial charge on any atom is 0.190 e. The van der Waals surface area contributed by atoms with Crippen LogP contribution in [0.15, 0.2) is 37.1 Å². The lowest BCUT2D eigenvalue weighted by molar-refractivity contribution is -0.116. The molecule has 6 heteroatoms. The van der Waals surface area contributed by atoms with E-state index in [1.54, 1.807) is 25.4 Å². The normalized spacial score (nSPS) is 10.5. The molecule has 0 saturated carbocycles. The van der Waals surface area contributed by atoms with Crippen molar-refractivity contribution in [1.29, 1.82) is 0 Å². The number of aryl methyl sites for hydroxylation is 1. The van der Waals surface area contributed by atoms with Crippen molar-refractivity contribution < 1.29 is 18.7 Å². The molecule has 0 unspecified atom stereocenters. The lowest BCUT2D eigenvalue weighted by Crippen LogP contribution is -2.09. The van der Waals surface area contributed by atoms with E-state index in [-0.39, 0.29) is 42.5 Å². The molecule has 0 fully saturated rings. The zero-order valence-electron chi connectivity index (χ0n) is 13.7. The molecule has 1 heterocycles. The largest absolute Gasteiger partial charge is 0.486 e. The first-order valence-electron chi connectivity index (χ1n) is 7.48. The van der Waals surface area contributed by atoms with Gasteiger partial charge in [-0.1, -0.05) is 24.8 Å². The molecule has 5 nitrogen and oxygen atoms in total. The summed E-state index contributed by atoms with van der Waals surface area (Å²) in [5, 5.41) is 4.14. The highest BCUT2D eigenvalue weighted by atomic mass is 19.1. The summed E-state index contributed by atoms with van der Waals surface area (Å²) in [6.07, 6.45) is 3.29. The number of aromatic nitrogens is 2. The van der Waals surface area contributed by atoms with Gasteiger partial charge in [0.2, 0.25) is 0 Å². The molecule has 0 amide bonds. The highest BCUT2D eigenvalue weighted by Crippen LogP contribution is 2.26. The van der Waals surface area contributed by atoms with E-state index in [4.69, 9.17) is 4.74 Å². The van der Waals surface area contributed by atoms with E-state index in [0.717, 1.165) is 0 Å². The Morgan fingerprint density at radius 2 is 2.12 bits per heavy atom. The SMILES string of the molecule is C=CCOc1c(F)cccc1Cc1cn(C)nc1C(=O)CC(C)=O. The van der Waals surface area contributed by atoms with Crippen LogP contribution in [0.25, 0.3) is 0 Å². The molecule has 0 radical (unpaired) electrons. The number of benzene rings is 1. The maximum absolute atomic E-state index is 14.0. The Labute approximate surface area is 139 Å². The molecule has 2 aromatic rings. The summed E-state index contributed by atoms with van der Waals surface area (Å²) in [6.45, 7) is 5.08. The molecule has 0 N–H and O–H groups in total. The topological polar surface area (TPSA) is 61.2 Å². The van der Waals surface area contributed by atoms with Crippen LogP contribution >= 0.6 is 0 Å². The Hall–Kier alpha value is -2.76. The van der Waals surface area contributed by atoms with Crippen LogP contribution in [-0.4, -0.2) is 28.0 Å². The molecule has 0 saturated heterocycles. The van der Waals surface area contributed by atoms with Crippen molar-refractivity contribution in [2.75, 3.05) is 6.61 Å². The van der Waals surface area contributed by atoms with Gasteiger partial charge in [-0.15, -0.1) is 0 Å². The molecule has 0 bridgehead atoms. The van der Waals surface area contributed by atoms with Crippen molar-refractivity contribution in [1.82, 2.24) is 9.78 Å². The van der Waals surface area contributed by atoms with Gasteiger partial charge in [0.15, 0.2) is 17.3 Å². The fraction of sp³-hybridized carbons (Fsp3) is 0.278. The zero-order valence-corrected chi connectivity index (χ0v) is 13.7. The van der Waals surface area contributed by atoms with E-state index in [2.05, 4.69) is 11.7 Å². The molecule has 2 rings (SSSR count). The number of carbonyl (C=O) groups excluding carboxylic acids is 2. The lowest BCUT2D eigenvalue weighted by atomic mass is 10.0. The van der Waals surface area contributed by atoms with Gasteiger partial charge in [0, 0.05) is 30.8 Å². The van der Waals surface area contributed by atoms with Crippen LogP contribution in [0.1, 0.15) is 35.0 Å². The third kappa shape index (κ3) is 4.16. The Bertz CT molecular complexity index is 781. The van der Waals surface area contributed by atoms with Crippen LogP contribution in [0, 0.1) is 5.82 Å². The minimum absolute atomic E-state index is 0.131. The van der Waals surface area contributed by atoms with Crippen LogP contribution in [0.4, 0.5) is 4.39 Å². The molecule has 0 atom stereocenters. The molecule has 0 aliphatic rings. The summed E-state index contributed by atoms with van der Waals surface area (Å²) < 4.78 is 20.9. The average molecular weight is 330 g/mol. The van der Waals surface area contributed by atoms with Crippen LogP contribution in [0.5, 0.6) is 5.75 Å². The van der Waals surface area contributed by atoms with Crippen LogP contribution in [-0.2, 0) is 18.3 Å².